The molecular weight excluding hydrogens is 350 g/mol. The van der Waals surface area contributed by atoms with Crippen molar-refractivity contribution in [1.82, 2.24) is 10.3 Å². The van der Waals surface area contributed by atoms with Gasteiger partial charge in [0.25, 0.3) is 0 Å². The van der Waals surface area contributed by atoms with Gasteiger partial charge < -0.3 is 16.1 Å². The van der Waals surface area contributed by atoms with E-state index in [9.17, 15) is 4.79 Å². The van der Waals surface area contributed by atoms with E-state index >= 15 is 0 Å². The zero-order chi connectivity index (χ0) is 19.3. The molecule has 0 saturated heterocycles. The van der Waals surface area contributed by atoms with E-state index in [2.05, 4.69) is 16.4 Å². The number of carbonyl (C=O) groups is 1. The van der Waals surface area contributed by atoms with E-state index in [4.69, 9.17) is 23.2 Å². The van der Waals surface area contributed by atoms with Crippen LogP contribution in [0.1, 0.15) is 49.8 Å². The summed E-state index contributed by atoms with van der Waals surface area (Å²) in [5.41, 5.74) is 8.89. The minimum absolute atomic E-state index is 0.193. The molecule has 1 unspecified atom stereocenters. The van der Waals surface area contributed by atoms with E-state index in [1.807, 2.05) is 19.1 Å². The molecular formula is C19H26ClN5O. The number of aliphatic imine (C=N–C) groups is 1. The molecule has 0 aromatic heterocycles. The summed E-state index contributed by atoms with van der Waals surface area (Å²) in [4.78, 5) is 15.1. The van der Waals surface area contributed by atoms with Crippen molar-refractivity contribution in [2.45, 2.75) is 38.6 Å². The van der Waals surface area contributed by atoms with Crippen LogP contribution in [0.15, 0.2) is 46.9 Å². The van der Waals surface area contributed by atoms with Crippen molar-refractivity contribution in [2.75, 3.05) is 7.05 Å². The summed E-state index contributed by atoms with van der Waals surface area (Å²) in [6.45, 7) is 3.71. The first-order valence-electron chi connectivity index (χ1n) is 8.56. The number of rotatable bonds is 7. The highest BCUT2D eigenvalue weighted by Crippen LogP contribution is 2.41. The van der Waals surface area contributed by atoms with Crippen LogP contribution in [-0.4, -0.2) is 24.2 Å². The number of allylic oxidation sites excluding steroid dienone is 1. The van der Waals surface area contributed by atoms with Crippen LogP contribution < -0.4 is 16.9 Å². The van der Waals surface area contributed by atoms with Crippen molar-refractivity contribution in [3.8, 4) is 0 Å². The third kappa shape index (κ3) is 5.09. The van der Waals surface area contributed by atoms with Gasteiger partial charge in [-0.05, 0) is 49.8 Å². The van der Waals surface area contributed by atoms with Crippen molar-refractivity contribution in [1.29, 1.82) is 0 Å². The predicted octanol–water partition coefficient (Wildman–Crippen LogP) is 2.97. The van der Waals surface area contributed by atoms with Crippen molar-refractivity contribution in [3.05, 3.63) is 58.0 Å². The molecule has 1 saturated carbocycles. The van der Waals surface area contributed by atoms with E-state index in [1.54, 1.807) is 20.2 Å². The lowest BCUT2D eigenvalue weighted by atomic mass is 10.0. The Morgan fingerprint density at radius 3 is 2.69 bits per heavy atom. The number of hydrogen-bond donors (Lipinski definition) is 3. The lowest BCUT2D eigenvalue weighted by molar-refractivity contribution is -0.104. The molecule has 0 heterocycles. The topological polar surface area (TPSA) is 96.7 Å². The molecule has 0 amide bonds. The van der Waals surface area contributed by atoms with Gasteiger partial charge in [0.2, 0.25) is 0 Å². The number of nitrogens with two attached hydrogens (primary N) is 2. The molecule has 26 heavy (non-hydrogen) atoms. The number of carbonyl (C=O) groups excluding carboxylic acids is 1. The van der Waals surface area contributed by atoms with Crippen LogP contribution in [0.25, 0.3) is 0 Å². The highest BCUT2D eigenvalue weighted by molar-refractivity contribution is 6.31. The fraction of sp³-hybridized carbons (Fsp3) is 0.368. The highest BCUT2D eigenvalue weighted by atomic mass is 35.5. The maximum atomic E-state index is 10.9. The van der Waals surface area contributed by atoms with Crippen LogP contribution in [0.5, 0.6) is 0 Å². The first kappa shape index (κ1) is 20.0. The van der Waals surface area contributed by atoms with Crippen LogP contribution >= 0.6 is 11.6 Å². The van der Waals surface area contributed by atoms with E-state index in [0.717, 1.165) is 5.56 Å². The number of nitrogens with one attached hydrogen (secondary N) is 1. The number of amidine groups is 1. The zero-order valence-electron chi connectivity index (χ0n) is 15.4. The summed E-state index contributed by atoms with van der Waals surface area (Å²) in [6.07, 6.45) is 5.94. The first-order chi connectivity index (χ1) is 12.4. The molecule has 2 rings (SSSR count). The molecule has 1 aromatic rings. The summed E-state index contributed by atoms with van der Waals surface area (Å²) >= 11 is 6.45. The van der Waals surface area contributed by atoms with Crippen LogP contribution in [0.3, 0.4) is 0 Å². The Labute approximate surface area is 159 Å². The lowest BCUT2D eigenvalue weighted by Crippen LogP contribution is -2.30. The second-order valence-corrected chi connectivity index (χ2v) is 6.81. The monoisotopic (exact) mass is 375 g/mol. The normalized spacial score (nSPS) is 17.0. The van der Waals surface area contributed by atoms with Gasteiger partial charge in [0.1, 0.15) is 6.29 Å². The van der Waals surface area contributed by atoms with Gasteiger partial charge >= 0.3 is 0 Å². The summed E-state index contributed by atoms with van der Waals surface area (Å²) in [5.74, 6) is 7.44. The second kappa shape index (κ2) is 8.87. The SMILES string of the molecule is CN\C(C)=N/C(=C\C=O)C(/N)=C/N(N)C(C)c1ccc(C2CC2)cc1Cl. The standard InChI is InChI=1S/C19H26ClN5O/c1-12(16-7-6-15(10-17(16)20)14-4-5-14)25(22)11-18(21)19(8-9-26)24-13(2)23-3/h6-12,14H,4-5,21-22H2,1-3H3,(H,23,24)/b18-11-,19-8-. The first-order valence-corrected chi connectivity index (χ1v) is 8.93. The summed E-state index contributed by atoms with van der Waals surface area (Å²) in [7, 11) is 1.74. The Morgan fingerprint density at radius 1 is 1.46 bits per heavy atom. The van der Waals surface area contributed by atoms with E-state index in [1.165, 1.54) is 29.5 Å². The molecule has 7 heteroatoms. The number of hydrogen-bond acceptors (Lipinski definition) is 5. The zero-order valence-corrected chi connectivity index (χ0v) is 16.1. The Morgan fingerprint density at radius 2 is 2.15 bits per heavy atom. The largest absolute Gasteiger partial charge is 0.396 e. The van der Waals surface area contributed by atoms with Gasteiger partial charge in [-0.15, -0.1) is 0 Å². The maximum Gasteiger partial charge on any atom is 0.145 e. The number of hydrazine groups is 1. The third-order valence-corrected chi connectivity index (χ3v) is 4.76. The van der Waals surface area contributed by atoms with Crippen molar-refractivity contribution in [2.24, 2.45) is 16.6 Å². The summed E-state index contributed by atoms with van der Waals surface area (Å²) in [5, 5.41) is 5.05. The van der Waals surface area contributed by atoms with E-state index in [-0.39, 0.29) is 11.7 Å². The molecule has 1 atom stereocenters. The molecule has 5 N–H and O–H groups in total. The Bertz CT molecular complexity index is 752. The predicted molar refractivity (Wildman–Crippen MR) is 106 cm³/mol. The molecule has 0 aliphatic heterocycles. The van der Waals surface area contributed by atoms with Crippen LogP contribution in [0.2, 0.25) is 5.02 Å². The van der Waals surface area contributed by atoms with Crippen molar-refractivity contribution in [3.63, 3.8) is 0 Å². The third-order valence-electron chi connectivity index (χ3n) is 4.43. The van der Waals surface area contributed by atoms with Gasteiger partial charge in [-0.3, -0.25) is 4.79 Å². The van der Waals surface area contributed by atoms with Gasteiger partial charge in [-0.25, -0.2) is 10.8 Å². The molecule has 1 aliphatic carbocycles. The Hall–Kier alpha value is -2.31. The van der Waals surface area contributed by atoms with Gasteiger partial charge in [0, 0.05) is 24.3 Å². The molecule has 0 radical (unpaired) electrons. The molecule has 1 aliphatic rings. The minimum atomic E-state index is -0.193. The van der Waals surface area contributed by atoms with Crippen molar-refractivity contribution >= 4 is 23.7 Å². The average Bonchev–Trinajstić information content (AvgIpc) is 3.45. The average molecular weight is 376 g/mol. The van der Waals surface area contributed by atoms with E-state index < -0.39 is 0 Å². The van der Waals surface area contributed by atoms with Crippen LogP contribution in [0, 0.1) is 0 Å². The molecule has 0 spiro atoms. The van der Waals surface area contributed by atoms with E-state index in [0.29, 0.717) is 28.8 Å². The number of aldehydes is 1. The highest BCUT2D eigenvalue weighted by Gasteiger charge is 2.24. The summed E-state index contributed by atoms with van der Waals surface area (Å²) < 4.78 is 0. The quantitative estimate of drug-likeness (QED) is 0.129. The van der Waals surface area contributed by atoms with Gasteiger partial charge in [-0.2, -0.15) is 0 Å². The fourth-order valence-corrected chi connectivity index (χ4v) is 2.90. The number of nitrogens with zero attached hydrogens (tertiary/aromatic N) is 2. The number of halogens is 1. The molecule has 1 aromatic carbocycles. The van der Waals surface area contributed by atoms with Crippen LogP contribution in [-0.2, 0) is 4.79 Å². The minimum Gasteiger partial charge on any atom is -0.396 e. The Kier molecular flexibility index (Phi) is 6.83. The second-order valence-electron chi connectivity index (χ2n) is 6.40. The molecule has 1 fully saturated rings. The summed E-state index contributed by atoms with van der Waals surface area (Å²) in [6, 6.07) is 5.94. The molecule has 140 valence electrons. The smallest absolute Gasteiger partial charge is 0.145 e. The number of benzene rings is 1. The van der Waals surface area contributed by atoms with Gasteiger partial charge in [0.15, 0.2) is 0 Å². The Balaban J connectivity index is 2.20. The van der Waals surface area contributed by atoms with Gasteiger partial charge in [0.05, 0.1) is 23.3 Å². The van der Waals surface area contributed by atoms with Crippen LogP contribution in [0.4, 0.5) is 0 Å². The van der Waals surface area contributed by atoms with Crippen molar-refractivity contribution < 1.29 is 4.79 Å². The molecule has 0 bridgehead atoms. The molecule has 6 nitrogen and oxygen atoms in total. The maximum absolute atomic E-state index is 10.9. The fourth-order valence-electron chi connectivity index (χ4n) is 2.55. The lowest BCUT2D eigenvalue weighted by Gasteiger charge is -2.25. The van der Waals surface area contributed by atoms with Gasteiger partial charge in [-0.1, -0.05) is 23.7 Å².